The third kappa shape index (κ3) is 5.96. The summed E-state index contributed by atoms with van der Waals surface area (Å²) in [6.45, 7) is 10.6. The van der Waals surface area contributed by atoms with E-state index in [1.165, 1.54) is 0 Å². The standard InChI is InChI=1S/C19H32N2O3/c1-3-13-23-18-6-5-16(15-19(18)24-14-4-2)17(22)7-10-21-11-8-20-9-12-21/h5-6,15,17,20,22H,3-4,7-14H2,1-2H3. The first-order valence-electron chi connectivity index (χ1n) is 9.25. The van der Waals surface area contributed by atoms with Gasteiger partial charge in [-0.05, 0) is 37.0 Å². The molecule has 1 saturated heterocycles. The maximum absolute atomic E-state index is 10.5. The highest BCUT2D eigenvalue weighted by molar-refractivity contribution is 5.43. The monoisotopic (exact) mass is 336 g/mol. The molecule has 0 radical (unpaired) electrons. The van der Waals surface area contributed by atoms with Gasteiger partial charge in [-0.3, -0.25) is 0 Å². The number of piperazine rings is 1. The molecular weight excluding hydrogens is 304 g/mol. The number of ether oxygens (including phenoxy) is 2. The predicted molar refractivity (Wildman–Crippen MR) is 96.9 cm³/mol. The van der Waals surface area contributed by atoms with Gasteiger partial charge in [-0.1, -0.05) is 19.9 Å². The van der Waals surface area contributed by atoms with E-state index in [2.05, 4.69) is 24.1 Å². The maximum atomic E-state index is 10.5. The van der Waals surface area contributed by atoms with Crippen LogP contribution < -0.4 is 14.8 Å². The van der Waals surface area contributed by atoms with Crippen molar-refractivity contribution in [3.63, 3.8) is 0 Å². The molecule has 1 aromatic carbocycles. The molecule has 5 nitrogen and oxygen atoms in total. The highest BCUT2D eigenvalue weighted by Crippen LogP contribution is 2.32. The lowest BCUT2D eigenvalue weighted by atomic mass is 10.1. The number of hydrogen-bond donors (Lipinski definition) is 2. The van der Waals surface area contributed by atoms with E-state index >= 15 is 0 Å². The molecule has 1 aliphatic heterocycles. The quantitative estimate of drug-likeness (QED) is 0.688. The average Bonchev–Trinajstić information content (AvgIpc) is 2.63. The zero-order valence-corrected chi connectivity index (χ0v) is 15.1. The first-order valence-corrected chi connectivity index (χ1v) is 9.25. The van der Waals surface area contributed by atoms with Crippen molar-refractivity contribution < 1.29 is 14.6 Å². The van der Waals surface area contributed by atoms with E-state index < -0.39 is 6.10 Å². The third-order valence-electron chi connectivity index (χ3n) is 4.20. The topological polar surface area (TPSA) is 54.0 Å². The van der Waals surface area contributed by atoms with Gasteiger partial charge >= 0.3 is 0 Å². The van der Waals surface area contributed by atoms with Crippen molar-refractivity contribution in [2.75, 3.05) is 45.9 Å². The molecule has 1 aliphatic rings. The van der Waals surface area contributed by atoms with E-state index in [4.69, 9.17) is 9.47 Å². The van der Waals surface area contributed by atoms with Gasteiger partial charge < -0.3 is 24.8 Å². The average molecular weight is 336 g/mol. The number of nitrogens with zero attached hydrogens (tertiary/aromatic N) is 1. The lowest BCUT2D eigenvalue weighted by Crippen LogP contribution is -2.44. The molecule has 1 heterocycles. The number of aliphatic hydroxyl groups is 1. The highest BCUT2D eigenvalue weighted by atomic mass is 16.5. The summed E-state index contributed by atoms with van der Waals surface area (Å²) in [7, 11) is 0. The summed E-state index contributed by atoms with van der Waals surface area (Å²) in [4.78, 5) is 2.40. The van der Waals surface area contributed by atoms with Crippen molar-refractivity contribution in [3.8, 4) is 11.5 Å². The van der Waals surface area contributed by atoms with Gasteiger partial charge in [-0.15, -0.1) is 0 Å². The van der Waals surface area contributed by atoms with E-state index in [1.807, 2.05) is 18.2 Å². The second kappa shape index (κ2) is 10.5. The molecule has 2 N–H and O–H groups in total. The fourth-order valence-electron chi connectivity index (χ4n) is 2.79. The summed E-state index contributed by atoms with van der Waals surface area (Å²) in [5, 5.41) is 13.9. The van der Waals surface area contributed by atoms with Crippen LogP contribution in [0.4, 0.5) is 0 Å². The Hall–Kier alpha value is -1.30. The van der Waals surface area contributed by atoms with E-state index in [1.54, 1.807) is 0 Å². The minimum atomic E-state index is -0.468. The second-order valence-electron chi connectivity index (χ2n) is 6.30. The Morgan fingerprint density at radius 1 is 1.08 bits per heavy atom. The van der Waals surface area contributed by atoms with Crippen molar-refractivity contribution in [2.24, 2.45) is 0 Å². The second-order valence-corrected chi connectivity index (χ2v) is 6.30. The molecule has 1 aromatic rings. The molecule has 0 amide bonds. The molecule has 0 aliphatic carbocycles. The molecule has 1 unspecified atom stereocenters. The molecule has 2 rings (SSSR count). The lowest BCUT2D eigenvalue weighted by Gasteiger charge is -2.28. The predicted octanol–water partition coefficient (Wildman–Crippen LogP) is 2.59. The Morgan fingerprint density at radius 3 is 2.42 bits per heavy atom. The Balaban J connectivity index is 1.96. The third-order valence-corrected chi connectivity index (χ3v) is 4.20. The van der Waals surface area contributed by atoms with Gasteiger partial charge in [0.05, 0.1) is 19.3 Å². The molecular formula is C19H32N2O3. The van der Waals surface area contributed by atoms with Crippen LogP contribution in [0.2, 0.25) is 0 Å². The summed E-state index contributed by atoms with van der Waals surface area (Å²) in [6, 6.07) is 5.80. The number of aliphatic hydroxyl groups excluding tert-OH is 1. The van der Waals surface area contributed by atoms with Crippen LogP contribution in [0, 0.1) is 0 Å². The Labute approximate surface area is 146 Å². The van der Waals surface area contributed by atoms with Crippen molar-refractivity contribution in [1.29, 1.82) is 0 Å². The van der Waals surface area contributed by atoms with E-state index in [9.17, 15) is 5.11 Å². The maximum Gasteiger partial charge on any atom is 0.161 e. The molecule has 0 bridgehead atoms. The van der Waals surface area contributed by atoms with Gasteiger partial charge in [-0.2, -0.15) is 0 Å². The van der Waals surface area contributed by atoms with Crippen LogP contribution in [-0.4, -0.2) is 55.9 Å². The van der Waals surface area contributed by atoms with Gasteiger partial charge in [-0.25, -0.2) is 0 Å². The van der Waals surface area contributed by atoms with E-state index in [-0.39, 0.29) is 0 Å². The van der Waals surface area contributed by atoms with Crippen LogP contribution in [0.3, 0.4) is 0 Å². The summed E-state index contributed by atoms with van der Waals surface area (Å²) in [6.07, 6.45) is 2.18. The zero-order valence-electron chi connectivity index (χ0n) is 15.1. The van der Waals surface area contributed by atoms with Crippen molar-refractivity contribution >= 4 is 0 Å². The van der Waals surface area contributed by atoms with Gasteiger partial charge in [0.15, 0.2) is 11.5 Å². The van der Waals surface area contributed by atoms with Crippen LogP contribution >= 0.6 is 0 Å². The first kappa shape index (κ1) is 19.0. The molecule has 0 aromatic heterocycles. The fraction of sp³-hybridized carbons (Fsp3) is 0.684. The highest BCUT2D eigenvalue weighted by Gasteiger charge is 2.15. The smallest absolute Gasteiger partial charge is 0.161 e. The Bertz CT molecular complexity index is 476. The van der Waals surface area contributed by atoms with Gasteiger partial charge in [0.1, 0.15) is 0 Å². The normalized spacial score (nSPS) is 16.8. The van der Waals surface area contributed by atoms with Gasteiger partial charge in [0, 0.05) is 32.7 Å². The minimum absolute atomic E-state index is 0.468. The van der Waals surface area contributed by atoms with E-state index in [0.29, 0.717) is 13.2 Å². The number of rotatable bonds is 10. The molecule has 1 fully saturated rings. The summed E-state index contributed by atoms with van der Waals surface area (Å²) in [5.41, 5.74) is 0.903. The van der Waals surface area contributed by atoms with Crippen molar-refractivity contribution in [3.05, 3.63) is 23.8 Å². The zero-order chi connectivity index (χ0) is 17.2. The molecule has 24 heavy (non-hydrogen) atoms. The first-order chi connectivity index (χ1) is 11.7. The Kier molecular flexibility index (Phi) is 8.36. The van der Waals surface area contributed by atoms with Gasteiger partial charge in [0.25, 0.3) is 0 Å². The van der Waals surface area contributed by atoms with Crippen molar-refractivity contribution in [2.45, 2.75) is 39.2 Å². The SMILES string of the molecule is CCCOc1ccc(C(O)CCN2CCNCC2)cc1OCCC. The van der Waals surface area contributed by atoms with Crippen molar-refractivity contribution in [1.82, 2.24) is 10.2 Å². The van der Waals surface area contributed by atoms with Crippen LogP contribution in [-0.2, 0) is 0 Å². The molecule has 0 spiro atoms. The number of nitrogens with one attached hydrogen (secondary N) is 1. The molecule has 136 valence electrons. The molecule has 1 atom stereocenters. The van der Waals surface area contributed by atoms with Crippen LogP contribution in [0.5, 0.6) is 11.5 Å². The number of benzene rings is 1. The fourth-order valence-corrected chi connectivity index (χ4v) is 2.79. The lowest BCUT2D eigenvalue weighted by molar-refractivity contribution is 0.136. The summed E-state index contributed by atoms with van der Waals surface area (Å²) >= 11 is 0. The summed E-state index contributed by atoms with van der Waals surface area (Å²) < 4.78 is 11.6. The molecule has 5 heteroatoms. The largest absolute Gasteiger partial charge is 0.490 e. The van der Waals surface area contributed by atoms with E-state index in [0.717, 1.165) is 69.0 Å². The van der Waals surface area contributed by atoms with Gasteiger partial charge in [0.2, 0.25) is 0 Å². The number of hydrogen-bond acceptors (Lipinski definition) is 5. The van der Waals surface area contributed by atoms with Crippen LogP contribution in [0.1, 0.15) is 44.8 Å². The Morgan fingerprint density at radius 2 is 1.75 bits per heavy atom. The van der Waals surface area contributed by atoms with Crippen LogP contribution in [0.25, 0.3) is 0 Å². The van der Waals surface area contributed by atoms with Crippen LogP contribution in [0.15, 0.2) is 18.2 Å². The minimum Gasteiger partial charge on any atom is -0.490 e. The summed E-state index contributed by atoms with van der Waals surface area (Å²) in [5.74, 6) is 1.51. The molecule has 0 saturated carbocycles.